The highest BCUT2D eigenvalue weighted by Crippen LogP contribution is 2.27. The van der Waals surface area contributed by atoms with E-state index in [4.69, 9.17) is 16.2 Å². The molecule has 0 atom stereocenters. The molecule has 1 aromatic carbocycles. The van der Waals surface area contributed by atoms with E-state index >= 15 is 0 Å². The molecular weight excluding hydrogens is 266 g/mol. The van der Waals surface area contributed by atoms with Gasteiger partial charge in [-0.3, -0.25) is 4.55 Å². The van der Waals surface area contributed by atoms with Crippen LogP contribution in [0.3, 0.4) is 0 Å². The molecule has 6 nitrogen and oxygen atoms in total. The van der Waals surface area contributed by atoms with Crippen LogP contribution in [0.4, 0.5) is 5.69 Å². The van der Waals surface area contributed by atoms with Crippen molar-refractivity contribution in [3.05, 3.63) is 23.2 Å². The van der Waals surface area contributed by atoms with E-state index in [1.165, 1.54) is 0 Å². The maximum absolute atomic E-state index is 10.7. The maximum atomic E-state index is 10.7. The topological polar surface area (TPSA) is 101 Å². The Balaban J connectivity index is 3.39. The minimum atomic E-state index is -4.35. The monoisotopic (exact) mass is 269 g/mol. The predicted octanol–water partition coefficient (Wildman–Crippen LogP) is 1.28. The van der Waals surface area contributed by atoms with E-state index in [0.717, 1.165) is 18.2 Å². The normalized spacial score (nSPS) is 11.1. The Kier molecular flexibility index (Phi) is 3.45. The van der Waals surface area contributed by atoms with E-state index in [9.17, 15) is 16.8 Å². The second-order valence-corrected chi connectivity index (χ2v) is 4.84. The Morgan fingerprint density at radius 3 is 2.33 bits per heavy atom. The third-order valence-corrected chi connectivity index (χ3v) is 2.89. The third-order valence-electron chi connectivity index (χ3n) is 1.39. The molecule has 1 rings (SSSR count). The van der Waals surface area contributed by atoms with Crippen molar-refractivity contribution in [3.8, 4) is 0 Å². The molecule has 0 bridgehead atoms. The Labute approximate surface area is 92.0 Å². The van der Waals surface area contributed by atoms with Crippen molar-refractivity contribution < 1.29 is 21.4 Å². The summed E-state index contributed by atoms with van der Waals surface area (Å²) in [5.41, 5.74) is -0.0996. The number of hydrogen-bond acceptors (Lipinski definition) is 5. The first-order valence-corrected chi connectivity index (χ1v) is 6.24. The summed E-state index contributed by atoms with van der Waals surface area (Å²) in [7, 11) is -7.03. The van der Waals surface area contributed by atoms with Gasteiger partial charge in [0.05, 0.1) is 15.6 Å². The maximum Gasteiger partial charge on any atom is 0.316 e. The van der Waals surface area contributed by atoms with Crippen LogP contribution in [-0.2, 0) is 20.6 Å². The minimum Gasteiger partial charge on any atom is -0.282 e. The standard InChI is InChI=1S/C6H4ClNO5S2/c7-5-3-4(15(11,12)13)1-2-6(5)8-14(9)10/h1-3H,(H,11,12,13). The van der Waals surface area contributed by atoms with E-state index in [1.807, 2.05) is 0 Å². The van der Waals surface area contributed by atoms with Crippen LogP contribution in [0, 0.1) is 0 Å². The average Bonchev–Trinajstić information content (AvgIpc) is 2.05. The summed E-state index contributed by atoms with van der Waals surface area (Å²) in [6.07, 6.45) is 0. The molecule has 0 aliphatic rings. The van der Waals surface area contributed by atoms with Crippen molar-refractivity contribution in [1.82, 2.24) is 0 Å². The van der Waals surface area contributed by atoms with Crippen LogP contribution in [-0.4, -0.2) is 21.4 Å². The quantitative estimate of drug-likeness (QED) is 0.815. The van der Waals surface area contributed by atoms with Crippen molar-refractivity contribution in [3.63, 3.8) is 0 Å². The molecule has 82 valence electrons. The lowest BCUT2D eigenvalue weighted by Crippen LogP contribution is -1.97. The zero-order valence-corrected chi connectivity index (χ0v) is 9.34. The molecule has 9 heteroatoms. The molecule has 1 N–H and O–H groups in total. The van der Waals surface area contributed by atoms with Crippen molar-refractivity contribution >= 4 is 37.9 Å². The molecule has 0 spiro atoms. The van der Waals surface area contributed by atoms with Gasteiger partial charge in [-0.15, -0.1) is 4.36 Å². The Morgan fingerprint density at radius 1 is 1.33 bits per heavy atom. The van der Waals surface area contributed by atoms with Crippen molar-refractivity contribution in [2.45, 2.75) is 4.90 Å². The van der Waals surface area contributed by atoms with Gasteiger partial charge in [0.1, 0.15) is 0 Å². The highest BCUT2D eigenvalue weighted by molar-refractivity contribution is 7.85. The molecule has 0 radical (unpaired) electrons. The zero-order valence-electron chi connectivity index (χ0n) is 6.95. The summed E-state index contributed by atoms with van der Waals surface area (Å²) in [4.78, 5) is -0.428. The smallest absolute Gasteiger partial charge is 0.282 e. The van der Waals surface area contributed by atoms with Gasteiger partial charge in [0.2, 0.25) is 0 Å². The largest absolute Gasteiger partial charge is 0.316 e. The predicted molar refractivity (Wildman–Crippen MR) is 52.3 cm³/mol. The van der Waals surface area contributed by atoms with E-state index in [0.29, 0.717) is 0 Å². The SMILES string of the molecule is O=S(=O)=Nc1ccc(S(=O)(=O)O)cc1Cl. The third kappa shape index (κ3) is 3.27. The molecule has 0 amide bonds. The highest BCUT2D eigenvalue weighted by atomic mass is 35.5. The van der Waals surface area contributed by atoms with Gasteiger partial charge >= 0.3 is 10.5 Å². The van der Waals surface area contributed by atoms with Gasteiger partial charge in [0.25, 0.3) is 10.1 Å². The van der Waals surface area contributed by atoms with Crippen molar-refractivity contribution in [2.75, 3.05) is 0 Å². The Hall–Kier alpha value is -0.960. The first kappa shape index (κ1) is 12.1. The highest BCUT2D eigenvalue weighted by Gasteiger charge is 2.11. The molecule has 15 heavy (non-hydrogen) atoms. The molecule has 0 heterocycles. The Bertz CT molecular complexity index is 611. The number of nitrogens with zero attached hydrogens (tertiary/aromatic N) is 1. The number of rotatable bonds is 2. The van der Waals surface area contributed by atoms with Crippen LogP contribution in [0.25, 0.3) is 0 Å². The molecular formula is C6H4ClNO5S2. The van der Waals surface area contributed by atoms with Crippen LogP contribution in [0.5, 0.6) is 0 Å². The second kappa shape index (κ2) is 4.27. The van der Waals surface area contributed by atoms with E-state index < -0.39 is 25.5 Å². The van der Waals surface area contributed by atoms with Gasteiger partial charge < -0.3 is 0 Å². The number of benzene rings is 1. The van der Waals surface area contributed by atoms with Gasteiger partial charge in [0, 0.05) is 0 Å². The van der Waals surface area contributed by atoms with Crippen LogP contribution in [0.2, 0.25) is 5.02 Å². The summed E-state index contributed by atoms with van der Waals surface area (Å²) < 4.78 is 53.5. The van der Waals surface area contributed by atoms with Crippen LogP contribution in [0.15, 0.2) is 27.5 Å². The van der Waals surface area contributed by atoms with Gasteiger partial charge in [-0.1, -0.05) is 11.6 Å². The molecule has 0 saturated carbocycles. The zero-order chi connectivity index (χ0) is 11.6. The van der Waals surface area contributed by atoms with Crippen LogP contribution < -0.4 is 0 Å². The summed E-state index contributed by atoms with van der Waals surface area (Å²) in [5.74, 6) is 0. The van der Waals surface area contributed by atoms with Crippen molar-refractivity contribution in [1.29, 1.82) is 0 Å². The fourth-order valence-corrected chi connectivity index (χ4v) is 1.97. The molecule has 1 aromatic rings. The summed E-state index contributed by atoms with van der Waals surface area (Å²) in [6.45, 7) is 0. The van der Waals surface area contributed by atoms with Crippen LogP contribution >= 0.6 is 11.6 Å². The first-order chi connectivity index (χ1) is 6.80. The lowest BCUT2D eigenvalue weighted by Gasteiger charge is -1.98. The second-order valence-electron chi connectivity index (χ2n) is 2.40. The van der Waals surface area contributed by atoms with Crippen molar-refractivity contribution in [2.24, 2.45) is 4.36 Å². The first-order valence-electron chi connectivity index (χ1n) is 3.39. The van der Waals surface area contributed by atoms with Gasteiger partial charge in [-0.25, -0.2) is 0 Å². The summed E-state index contributed by atoms with van der Waals surface area (Å²) in [6, 6.07) is 2.97. The van der Waals surface area contributed by atoms with Gasteiger partial charge in [0.15, 0.2) is 0 Å². The molecule has 0 aromatic heterocycles. The van der Waals surface area contributed by atoms with E-state index in [2.05, 4.69) is 4.36 Å². The molecule has 0 saturated heterocycles. The van der Waals surface area contributed by atoms with E-state index in [1.54, 1.807) is 0 Å². The lowest BCUT2D eigenvalue weighted by molar-refractivity contribution is 0.483. The summed E-state index contributed by atoms with van der Waals surface area (Å²) >= 11 is 5.54. The molecule has 0 unspecified atom stereocenters. The van der Waals surface area contributed by atoms with Gasteiger partial charge in [-0.05, 0) is 18.2 Å². The van der Waals surface area contributed by atoms with Gasteiger partial charge in [-0.2, -0.15) is 16.8 Å². The number of halogens is 1. The molecule has 0 fully saturated rings. The number of hydrogen-bond donors (Lipinski definition) is 1. The molecule has 0 aliphatic heterocycles. The minimum absolute atomic E-state index is 0.0996. The Morgan fingerprint density at radius 2 is 1.93 bits per heavy atom. The lowest BCUT2D eigenvalue weighted by atomic mass is 10.3. The fraction of sp³-hybridized carbons (Fsp3) is 0. The fourth-order valence-electron chi connectivity index (χ4n) is 0.802. The average molecular weight is 270 g/mol. The van der Waals surface area contributed by atoms with Crippen LogP contribution in [0.1, 0.15) is 0 Å². The summed E-state index contributed by atoms with van der Waals surface area (Å²) in [5, 5.41) is -0.186. The van der Waals surface area contributed by atoms with E-state index in [-0.39, 0.29) is 10.7 Å². The molecule has 0 aliphatic carbocycles.